The van der Waals surface area contributed by atoms with Crippen LogP contribution in [0, 0.1) is 0 Å². The van der Waals surface area contributed by atoms with Crippen LogP contribution in [0.25, 0.3) is 0 Å². The summed E-state index contributed by atoms with van der Waals surface area (Å²) < 4.78 is 11.9. The van der Waals surface area contributed by atoms with Crippen molar-refractivity contribution in [2.75, 3.05) is 52.3 Å². The van der Waals surface area contributed by atoms with Gasteiger partial charge in [0.25, 0.3) is 0 Å². The SMILES string of the molecule is CN=C(NCc1cccc(N(C)C)c1)N1CCC(OCC2CCCCO2)CC1.I. The lowest BCUT2D eigenvalue weighted by molar-refractivity contribution is -0.0721. The fourth-order valence-electron chi connectivity index (χ4n) is 3.87. The number of ether oxygens (including phenoxy) is 2. The third kappa shape index (κ3) is 7.61. The zero-order valence-corrected chi connectivity index (χ0v) is 20.4. The Morgan fingerprint density at radius 2 is 2.03 bits per heavy atom. The Labute approximate surface area is 193 Å². The average Bonchev–Trinajstić information content (AvgIpc) is 2.74. The second-order valence-corrected chi connectivity index (χ2v) is 7.97. The molecule has 2 aliphatic rings. The summed E-state index contributed by atoms with van der Waals surface area (Å²) in [5.74, 6) is 0.976. The summed E-state index contributed by atoms with van der Waals surface area (Å²) in [5.41, 5.74) is 2.48. The minimum Gasteiger partial charge on any atom is -0.378 e. The third-order valence-corrected chi connectivity index (χ3v) is 5.62. The molecule has 1 atom stereocenters. The molecule has 7 heteroatoms. The number of nitrogens with zero attached hydrogens (tertiary/aromatic N) is 3. The molecule has 6 nitrogen and oxygen atoms in total. The van der Waals surface area contributed by atoms with Gasteiger partial charge in [-0.2, -0.15) is 0 Å². The minimum absolute atomic E-state index is 0. The molecule has 29 heavy (non-hydrogen) atoms. The number of piperidine rings is 1. The molecule has 0 bridgehead atoms. The van der Waals surface area contributed by atoms with Gasteiger partial charge in [-0.25, -0.2) is 0 Å². The van der Waals surface area contributed by atoms with Crippen molar-refractivity contribution in [2.24, 2.45) is 4.99 Å². The van der Waals surface area contributed by atoms with Crippen LogP contribution in [0.4, 0.5) is 5.69 Å². The highest BCUT2D eigenvalue weighted by Crippen LogP contribution is 2.18. The average molecular weight is 516 g/mol. The number of hydrogen-bond donors (Lipinski definition) is 1. The zero-order chi connectivity index (χ0) is 19.8. The smallest absolute Gasteiger partial charge is 0.193 e. The van der Waals surface area contributed by atoms with Crippen LogP contribution in [-0.4, -0.2) is 70.5 Å². The topological polar surface area (TPSA) is 49.3 Å². The second-order valence-electron chi connectivity index (χ2n) is 7.97. The van der Waals surface area contributed by atoms with Crippen molar-refractivity contribution < 1.29 is 9.47 Å². The van der Waals surface area contributed by atoms with Crippen molar-refractivity contribution in [2.45, 2.75) is 50.9 Å². The number of aliphatic imine (C=N–C) groups is 1. The molecule has 1 unspecified atom stereocenters. The van der Waals surface area contributed by atoms with Gasteiger partial charge >= 0.3 is 0 Å². The van der Waals surface area contributed by atoms with Gasteiger partial charge in [0.05, 0.1) is 18.8 Å². The maximum absolute atomic E-state index is 6.13. The summed E-state index contributed by atoms with van der Waals surface area (Å²) in [5, 5.41) is 3.52. The predicted molar refractivity (Wildman–Crippen MR) is 131 cm³/mol. The molecular formula is C22H37IN4O2. The Kier molecular flexibility index (Phi) is 10.5. The van der Waals surface area contributed by atoms with Crippen LogP contribution >= 0.6 is 24.0 Å². The molecule has 3 rings (SSSR count). The van der Waals surface area contributed by atoms with E-state index in [2.05, 4.69) is 58.5 Å². The van der Waals surface area contributed by atoms with Gasteiger partial charge in [0.15, 0.2) is 5.96 Å². The molecule has 0 radical (unpaired) electrons. The molecule has 164 valence electrons. The van der Waals surface area contributed by atoms with E-state index in [0.29, 0.717) is 12.2 Å². The fraction of sp³-hybridized carbons (Fsp3) is 0.682. The Morgan fingerprint density at radius 1 is 1.24 bits per heavy atom. The van der Waals surface area contributed by atoms with Crippen molar-refractivity contribution in [3.05, 3.63) is 29.8 Å². The van der Waals surface area contributed by atoms with Crippen LogP contribution in [0.2, 0.25) is 0 Å². The van der Waals surface area contributed by atoms with Crippen molar-refractivity contribution in [3.8, 4) is 0 Å². The lowest BCUT2D eigenvalue weighted by Gasteiger charge is -2.35. The largest absolute Gasteiger partial charge is 0.378 e. The van der Waals surface area contributed by atoms with E-state index in [4.69, 9.17) is 9.47 Å². The van der Waals surface area contributed by atoms with Gasteiger partial charge in [0, 0.05) is 53.1 Å². The number of halogens is 1. The van der Waals surface area contributed by atoms with Gasteiger partial charge in [-0.3, -0.25) is 4.99 Å². The highest BCUT2D eigenvalue weighted by molar-refractivity contribution is 14.0. The maximum atomic E-state index is 6.13. The fourth-order valence-corrected chi connectivity index (χ4v) is 3.87. The standard InChI is InChI=1S/C22H36N4O2.HI/c1-23-22(24-16-18-7-6-8-19(15-18)25(2)3)26-12-10-20(11-13-26)28-17-21-9-4-5-14-27-21;/h6-8,15,20-21H,4-5,9-14,16-17H2,1-3H3,(H,23,24);1H. The highest BCUT2D eigenvalue weighted by Gasteiger charge is 2.23. The van der Waals surface area contributed by atoms with E-state index in [1.165, 1.54) is 24.1 Å². The summed E-state index contributed by atoms with van der Waals surface area (Å²) in [6.07, 6.45) is 6.35. The molecule has 0 amide bonds. The van der Waals surface area contributed by atoms with Crippen LogP contribution in [0.5, 0.6) is 0 Å². The number of benzene rings is 1. The lowest BCUT2D eigenvalue weighted by Crippen LogP contribution is -2.47. The van der Waals surface area contributed by atoms with Gasteiger partial charge in [-0.05, 0) is 49.8 Å². The molecule has 2 saturated heterocycles. The van der Waals surface area contributed by atoms with Crippen molar-refractivity contribution >= 4 is 35.6 Å². The maximum Gasteiger partial charge on any atom is 0.193 e. The number of anilines is 1. The number of hydrogen-bond acceptors (Lipinski definition) is 4. The van der Waals surface area contributed by atoms with Crippen LogP contribution in [0.15, 0.2) is 29.3 Å². The number of rotatable bonds is 6. The van der Waals surface area contributed by atoms with E-state index >= 15 is 0 Å². The Balaban J connectivity index is 0.00000300. The van der Waals surface area contributed by atoms with E-state index in [9.17, 15) is 0 Å². The third-order valence-electron chi connectivity index (χ3n) is 5.62. The zero-order valence-electron chi connectivity index (χ0n) is 18.1. The Morgan fingerprint density at radius 3 is 2.69 bits per heavy atom. The first-order chi connectivity index (χ1) is 13.7. The van der Waals surface area contributed by atoms with E-state index < -0.39 is 0 Å². The minimum atomic E-state index is 0. The van der Waals surface area contributed by atoms with Crippen molar-refractivity contribution in [1.29, 1.82) is 0 Å². The normalized spacial score (nSPS) is 20.9. The molecular weight excluding hydrogens is 479 g/mol. The summed E-state index contributed by atoms with van der Waals surface area (Å²) in [6.45, 7) is 4.39. The van der Waals surface area contributed by atoms with Crippen molar-refractivity contribution in [1.82, 2.24) is 10.2 Å². The lowest BCUT2D eigenvalue weighted by atomic mass is 10.1. The molecule has 0 aromatic heterocycles. The van der Waals surface area contributed by atoms with Crippen LogP contribution < -0.4 is 10.2 Å². The van der Waals surface area contributed by atoms with E-state index in [-0.39, 0.29) is 24.0 Å². The molecule has 1 aromatic carbocycles. The first kappa shape index (κ1) is 24.2. The van der Waals surface area contributed by atoms with Crippen LogP contribution in [0.3, 0.4) is 0 Å². The van der Waals surface area contributed by atoms with Crippen molar-refractivity contribution in [3.63, 3.8) is 0 Å². The summed E-state index contributed by atoms with van der Waals surface area (Å²) in [7, 11) is 6.00. The van der Waals surface area contributed by atoms with Gasteiger partial charge < -0.3 is 24.6 Å². The molecule has 2 fully saturated rings. The van der Waals surface area contributed by atoms with Crippen LogP contribution in [-0.2, 0) is 16.0 Å². The monoisotopic (exact) mass is 516 g/mol. The van der Waals surface area contributed by atoms with E-state index in [1.807, 2.05) is 7.05 Å². The summed E-state index contributed by atoms with van der Waals surface area (Å²) in [6, 6.07) is 8.60. The molecule has 0 spiro atoms. The molecule has 2 aliphatic heterocycles. The first-order valence-electron chi connectivity index (χ1n) is 10.6. The molecule has 0 saturated carbocycles. The van der Waals surface area contributed by atoms with Gasteiger partial charge in [0.2, 0.25) is 0 Å². The number of likely N-dealkylation sites (tertiary alicyclic amines) is 1. The predicted octanol–water partition coefficient (Wildman–Crippen LogP) is 3.50. The summed E-state index contributed by atoms with van der Waals surface area (Å²) in [4.78, 5) is 8.96. The van der Waals surface area contributed by atoms with Crippen LogP contribution in [0.1, 0.15) is 37.7 Å². The Bertz CT molecular complexity index is 627. The summed E-state index contributed by atoms with van der Waals surface area (Å²) >= 11 is 0. The number of guanidine groups is 1. The first-order valence-corrected chi connectivity index (χ1v) is 10.6. The van der Waals surface area contributed by atoms with Gasteiger partial charge in [0.1, 0.15) is 0 Å². The quantitative estimate of drug-likeness (QED) is 0.357. The number of nitrogens with one attached hydrogen (secondary N) is 1. The molecule has 2 heterocycles. The van der Waals surface area contributed by atoms with E-state index in [0.717, 1.165) is 58.1 Å². The Hall–Kier alpha value is -1.06. The molecule has 1 aromatic rings. The molecule has 1 N–H and O–H groups in total. The second kappa shape index (κ2) is 12.6. The van der Waals surface area contributed by atoms with E-state index in [1.54, 1.807) is 0 Å². The van der Waals surface area contributed by atoms with Gasteiger partial charge in [-0.1, -0.05) is 12.1 Å². The highest BCUT2D eigenvalue weighted by atomic mass is 127. The molecule has 0 aliphatic carbocycles. The van der Waals surface area contributed by atoms with Gasteiger partial charge in [-0.15, -0.1) is 24.0 Å².